The fourth-order valence-corrected chi connectivity index (χ4v) is 2.52. The molecule has 22 heavy (non-hydrogen) atoms. The van der Waals surface area contributed by atoms with Gasteiger partial charge in [-0.2, -0.15) is 0 Å². The van der Waals surface area contributed by atoms with Crippen molar-refractivity contribution in [2.75, 3.05) is 7.11 Å². The van der Waals surface area contributed by atoms with Crippen molar-refractivity contribution < 1.29 is 18.7 Å². The lowest BCUT2D eigenvalue weighted by molar-refractivity contribution is -0.146. The van der Waals surface area contributed by atoms with Gasteiger partial charge in [0.25, 0.3) is 0 Å². The Balaban J connectivity index is 2.79. The van der Waals surface area contributed by atoms with Crippen molar-refractivity contribution in [1.29, 1.82) is 0 Å². The first-order chi connectivity index (χ1) is 10.1. The number of rotatable bonds is 6. The highest BCUT2D eigenvalue weighted by Gasteiger charge is 2.38. The third kappa shape index (κ3) is 4.63. The van der Waals surface area contributed by atoms with Crippen LogP contribution in [-0.2, 0) is 9.53 Å². The number of carbonyl (C=O) groups is 1. The quantitative estimate of drug-likeness (QED) is 0.448. The smallest absolute Gasteiger partial charge is 0.351 e. The highest BCUT2D eigenvalue weighted by atomic mass is 28.4. The van der Waals surface area contributed by atoms with Gasteiger partial charge >= 0.3 is 5.97 Å². The molecule has 0 aromatic heterocycles. The van der Waals surface area contributed by atoms with Crippen molar-refractivity contribution in [3.63, 3.8) is 0 Å². The number of benzene rings is 1. The van der Waals surface area contributed by atoms with E-state index in [4.69, 9.17) is 9.16 Å². The molecule has 1 aromatic carbocycles. The minimum atomic E-state index is -1.86. The van der Waals surface area contributed by atoms with Crippen LogP contribution in [0.25, 0.3) is 0 Å². The van der Waals surface area contributed by atoms with Crippen LogP contribution in [0.15, 0.2) is 36.9 Å². The molecule has 0 fully saturated rings. The van der Waals surface area contributed by atoms with E-state index in [0.717, 1.165) is 5.75 Å². The van der Waals surface area contributed by atoms with Gasteiger partial charge in [0, 0.05) is 0 Å². The van der Waals surface area contributed by atoms with E-state index in [2.05, 4.69) is 45.2 Å². The van der Waals surface area contributed by atoms with Crippen molar-refractivity contribution in [2.24, 2.45) is 0 Å². The van der Waals surface area contributed by atoms with Crippen molar-refractivity contribution in [1.82, 2.24) is 0 Å². The highest BCUT2D eigenvalue weighted by Crippen LogP contribution is 2.37. The third-order valence-corrected chi connectivity index (χ3v) is 8.27. The molecule has 1 atom stereocenters. The monoisotopic (exact) mass is 322 g/mol. The lowest BCUT2D eigenvalue weighted by atomic mass is 10.2. The van der Waals surface area contributed by atoms with Gasteiger partial charge in [-0.1, -0.05) is 27.4 Å². The maximum Gasteiger partial charge on any atom is 0.351 e. The molecule has 0 aliphatic rings. The molecule has 0 N–H and O–H groups in total. The average molecular weight is 322 g/mol. The SMILES string of the molecule is C=CC(Oc1ccc(O[Si](C)(C)C(C)(C)C)cc1)C(=O)OC. The van der Waals surface area contributed by atoms with Gasteiger partial charge in [0.05, 0.1) is 7.11 Å². The van der Waals surface area contributed by atoms with Crippen LogP contribution in [0.3, 0.4) is 0 Å². The number of methoxy groups -OCH3 is 1. The summed E-state index contributed by atoms with van der Waals surface area (Å²) in [4.78, 5) is 11.5. The van der Waals surface area contributed by atoms with E-state index in [1.807, 2.05) is 12.1 Å². The summed E-state index contributed by atoms with van der Waals surface area (Å²) in [5.41, 5.74) is 0. The number of carbonyl (C=O) groups excluding carboxylic acids is 1. The zero-order valence-corrected chi connectivity index (χ0v) is 15.3. The molecule has 0 saturated heterocycles. The van der Waals surface area contributed by atoms with Gasteiger partial charge in [-0.25, -0.2) is 4.79 Å². The maximum atomic E-state index is 11.5. The summed E-state index contributed by atoms with van der Waals surface area (Å²) >= 11 is 0. The zero-order chi connectivity index (χ0) is 17.0. The maximum absolute atomic E-state index is 11.5. The summed E-state index contributed by atoms with van der Waals surface area (Å²) in [7, 11) is -0.539. The summed E-state index contributed by atoms with van der Waals surface area (Å²) in [6, 6.07) is 7.27. The first-order valence-electron chi connectivity index (χ1n) is 7.27. The molecule has 0 aliphatic carbocycles. The van der Waals surface area contributed by atoms with E-state index >= 15 is 0 Å². The van der Waals surface area contributed by atoms with E-state index in [1.165, 1.54) is 13.2 Å². The third-order valence-electron chi connectivity index (χ3n) is 3.91. The molecule has 5 heteroatoms. The molecule has 1 unspecified atom stereocenters. The van der Waals surface area contributed by atoms with Crippen LogP contribution in [0.5, 0.6) is 11.5 Å². The summed E-state index contributed by atoms with van der Waals surface area (Å²) in [5.74, 6) is 0.904. The number of hydrogen-bond acceptors (Lipinski definition) is 4. The van der Waals surface area contributed by atoms with Gasteiger partial charge in [-0.05, 0) is 48.5 Å². The Labute approximate surface area is 134 Å². The molecule has 0 bridgehead atoms. The van der Waals surface area contributed by atoms with Gasteiger partial charge in [0.15, 0.2) is 0 Å². The Kier molecular flexibility index (Phi) is 5.83. The van der Waals surface area contributed by atoms with Crippen LogP contribution in [0.2, 0.25) is 18.1 Å². The molecule has 0 heterocycles. The zero-order valence-electron chi connectivity index (χ0n) is 14.3. The Morgan fingerprint density at radius 3 is 2.09 bits per heavy atom. The van der Waals surface area contributed by atoms with Crippen molar-refractivity contribution in [2.45, 2.75) is 45.0 Å². The van der Waals surface area contributed by atoms with Crippen LogP contribution < -0.4 is 9.16 Å². The minimum Gasteiger partial charge on any atom is -0.543 e. The molecule has 0 amide bonds. The Bertz CT molecular complexity index is 514. The molecule has 0 spiro atoms. The second-order valence-corrected chi connectivity index (χ2v) is 11.4. The highest BCUT2D eigenvalue weighted by molar-refractivity contribution is 6.74. The van der Waals surface area contributed by atoms with Crippen LogP contribution in [0.4, 0.5) is 0 Å². The standard InChI is InChI=1S/C17H26O4Si/c1-8-15(16(18)19-5)20-13-9-11-14(12-10-13)21-22(6,7)17(2,3)4/h8-12,15H,1H2,2-7H3. The van der Waals surface area contributed by atoms with Gasteiger partial charge in [-0.3, -0.25) is 0 Å². The first kappa shape index (κ1) is 18.3. The normalized spacial score (nSPS) is 13.2. The summed E-state index contributed by atoms with van der Waals surface area (Å²) in [6.45, 7) is 14.6. The van der Waals surface area contributed by atoms with Crippen molar-refractivity contribution in [3.8, 4) is 11.5 Å². The fraction of sp³-hybridized carbons (Fsp3) is 0.471. The predicted octanol–water partition coefficient (Wildman–Crippen LogP) is 4.18. The Morgan fingerprint density at radius 2 is 1.68 bits per heavy atom. The summed E-state index contributed by atoms with van der Waals surface area (Å²) in [6.07, 6.45) is 0.600. The molecule has 0 saturated carbocycles. The molecule has 122 valence electrons. The predicted molar refractivity (Wildman–Crippen MR) is 90.9 cm³/mol. The van der Waals surface area contributed by atoms with Crippen LogP contribution >= 0.6 is 0 Å². The van der Waals surface area contributed by atoms with Gasteiger partial charge in [-0.15, -0.1) is 0 Å². The largest absolute Gasteiger partial charge is 0.543 e. The fourth-order valence-electron chi connectivity index (χ4n) is 1.49. The lowest BCUT2D eigenvalue weighted by Gasteiger charge is -2.36. The molecular formula is C17H26O4Si. The van der Waals surface area contributed by atoms with Gasteiger partial charge in [0.1, 0.15) is 11.5 Å². The van der Waals surface area contributed by atoms with Crippen LogP contribution in [0.1, 0.15) is 20.8 Å². The van der Waals surface area contributed by atoms with E-state index < -0.39 is 20.4 Å². The second kappa shape index (κ2) is 7.00. The van der Waals surface area contributed by atoms with E-state index in [-0.39, 0.29) is 5.04 Å². The van der Waals surface area contributed by atoms with E-state index in [9.17, 15) is 4.79 Å². The van der Waals surface area contributed by atoms with E-state index in [0.29, 0.717) is 5.75 Å². The molecule has 0 aliphatic heterocycles. The van der Waals surface area contributed by atoms with Crippen molar-refractivity contribution in [3.05, 3.63) is 36.9 Å². The molecule has 4 nitrogen and oxygen atoms in total. The van der Waals surface area contributed by atoms with Crippen LogP contribution in [0, 0.1) is 0 Å². The molecular weight excluding hydrogens is 296 g/mol. The molecule has 1 aromatic rings. The summed E-state index contributed by atoms with van der Waals surface area (Å²) in [5, 5.41) is 0.140. The van der Waals surface area contributed by atoms with Crippen molar-refractivity contribution >= 4 is 14.3 Å². The Morgan fingerprint density at radius 1 is 1.18 bits per heavy atom. The number of esters is 1. The first-order valence-corrected chi connectivity index (χ1v) is 10.2. The molecule has 0 radical (unpaired) electrons. The van der Waals surface area contributed by atoms with Gasteiger partial charge in [0.2, 0.25) is 14.4 Å². The second-order valence-electron chi connectivity index (χ2n) is 6.63. The number of hydrogen-bond donors (Lipinski definition) is 0. The van der Waals surface area contributed by atoms with Gasteiger partial charge < -0.3 is 13.9 Å². The Hall–Kier alpha value is -1.75. The topological polar surface area (TPSA) is 44.8 Å². The summed E-state index contributed by atoms with van der Waals surface area (Å²) < 4.78 is 16.4. The minimum absolute atomic E-state index is 0.140. The van der Waals surface area contributed by atoms with Crippen LogP contribution in [-0.4, -0.2) is 27.5 Å². The average Bonchev–Trinajstić information content (AvgIpc) is 2.44. The molecule has 1 rings (SSSR count). The lowest BCUT2D eigenvalue weighted by Crippen LogP contribution is -2.43. The van der Waals surface area contributed by atoms with E-state index in [1.54, 1.807) is 12.1 Å². The number of ether oxygens (including phenoxy) is 2.